The molecule has 11 heavy (non-hydrogen) atoms. The van der Waals surface area contributed by atoms with Crippen molar-refractivity contribution in [2.75, 3.05) is 0 Å². The molecule has 0 aromatic carbocycles. The first-order chi connectivity index (χ1) is 5.27. The fourth-order valence-electron chi connectivity index (χ4n) is 3.51. The van der Waals surface area contributed by atoms with Crippen molar-refractivity contribution in [1.29, 1.82) is 0 Å². The maximum atomic E-state index is 11.5. The Labute approximate surface area is 65.6 Å². The highest BCUT2D eigenvalue weighted by Gasteiger charge is 2.59. The van der Waals surface area contributed by atoms with Crippen LogP contribution < -0.4 is 0 Å². The van der Waals surface area contributed by atoms with E-state index in [1.807, 2.05) is 0 Å². The first kappa shape index (κ1) is 6.18. The van der Waals surface area contributed by atoms with Gasteiger partial charge in [0.25, 0.3) is 0 Å². The van der Waals surface area contributed by atoms with Crippen molar-refractivity contribution in [2.45, 2.75) is 25.4 Å². The number of hydrogen-bond donors (Lipinski definition) is 1. The van der Waals surface area contributed by atoms with Crippen molar-refractivity contribution >= 4 is 5.78 Å². The quantitative estimate of drug-likeness (QED) is 0.551. The number of carbonyl (C=O) groups excluding carboxylic acids is 1. The molecule has 1 N–H and O–H groups in total. The zero-order valence-electron chi connectivity index (χ0n) is 6.36. The predicted molar refractivity (Wildman–Crippen MR) is 38.8 cm³/mol. The molecule has 2 heteroatoms. The second-order valence-electron chi connectivity index (χ2n) is 4.32. The third-order valence-corrected chi connectivity index (χ3v) is 3.88. The Morgan fingerprint density at radius 2 is 2.09 bits per heavy atom. The number of aliphatic hydroxyl groups excluding tert-OH is 1. The molecule has 60 valence electrons. The molecule has 2 nitrogen and oxygen atoms in total. The Morgan fingerprint density at radius 1 is 1.27 bits per heavy atom. The van der Waals surface area contributed by atoms with Crippen LogP contribution in [0, 0.1) is 23.7 Å². The van der Waals surface area contributed by atoms with E-state index in [1.165, 1.54) is 0 Å². The molecule has 0 radical (unpaired) electrons. The first-order valence-corrected chi connectivity index (χ1v) is 4.49. The maximum absolute atomic E-state index is 11.5. The van der Waals surface area contributed by atoms with Gasteiger partial charge in [0.05, 0.1) is 6.10 Å². The highest BCUT2D eigenvalue weighted by Crippen LogP contribution is 2.57. The summed E-state index contributed by atoms with van der Waals surface area (Å²) < 4.78 is 0. The zero-order chi connectivity index (χ0) is 7.59. The highest BCUT2D eigenvalue weighted by atomic mass is 16.3. The van der Waals surface area contributed by atoms with E-state index < -0.39 is 0 Å². The van der Waals surface area contributed by atoms with E-state index in [-0.39, 0.29) is 12.0 Å². The summed E-state index contributed by atoms with van der Waals surface area (Å²) in [6.07, 6.45) is 2.82. The summed E-state index contributed by atoms with van der Waals surface area (Å²) in [5.74, 6) is 1.99. The van der Waals surface area contributed by atoms with Crippen LogP contribution in [0.5, 0.6) is 0 Å². The van der Waals surface area contributed by atoms with Gasteiger partial charge in [-0.1, -0.05) is 0 Å². The summed E-state index contributed by atoms with van der Waals surface area (Å²) in [5, 5.41) is 9.56. The van der Waals surface area contributed by atoms with Crippen LogP contribution in [0.4, 0.5) is 0 Å². The SMILES string of the molecule is O=C1C2CC3CC(O)C(C2)C13. The van der Waals surface area contributed by atoms with E-state index in [1.54, 1.807) is 0 Å². The van der Waals surface area contributed by atoms with Crippen LogP contribution in [-0.4, -0.2) is 17.0 Å². The molecule has 0 aliphatic heterocycles. The van der Waals surface area contributed by atoms with E-state index in [9.17, 15) is 9.90 Å². The lowest BCUT2D eigenvalue weighted by Gasteiger charge is -2.15. The van der Waals surface area contributed by atoms with E-state index >= 15 is 0 Å². The largest absolute Gasteiger partial charge is 0.393 e. The second kappa shape index (κ2) is 1.69. The van der Waals surface area contributed by atoms with Gasteiger partial charge in [0, 0.05) is 11.8 Å². The molecule has 3 saturated carbocycles. The Balaban J connectivity index is 2.05. The fourth-order valence-corrected chi connectivity index (χ4v) is 3.51. The third kappa shape index (κ3) is 0.560. The van der Waals surface area contributed by atoms with Crippen LogP contribution in [0.1, 0.15) is 19.3 Å². The molecule has 5 unspecified atom stereocenters. The highest BCUT2D eigenvalue weighted by molar-refractivity contribution is 5.89. The molecule has 0 heterocycles. The van der Waals surface area contributed by atoms with Crippen LogP contribution >= 0.6 is 0 Å². The van der Waals surface area contributed by atoms with Gasteiger partial charge in [-0.15, -0.1) is 0 Å². The lowest BCUT2D eigenvalue weighted by molar-refractivity contribution is -0.122. The lowest BCUT2D eigenvalue weighted by Crippen LogP contribution is -2.17. The van der Waals surface area contributed by atoms with Crippen molar-refractivity contribution in [3.8, 4) is 0 Å². The number of carbonyl (C=O) groups is 1. The van der Waals surface area contributed by atoms with E-state index in [4.69, 9.17) is 0 Å². The maximum Gasteiger partial charge on any atom is 0.139 e. The minimum Gasteiger partial charge on any atom is -0.393 e. The summed E-state index contributed by atoms with van der Waals surface area (Å²) in [5.41, 5.74) is 0. The number of ketones is 1. The molecule has 0 amide bonds. The van der Waals surface area contributed by atoms with Crippen molar-refractivity contribution in [3.05, 3.63) is 0 Å². The molecular weight excluding hydrogens is 140 g/mol. The standard InChI is InChI=1S/C9H12O2/c10-7-3-4-1-5-2-6(7)8(4)9(5)11/h4-8,10H,1-3H2. The van der Waals surface area contributed by atoms with E-state index in [0.29, 0.717) is 23.5 Å². The molecular formula is C9H12O2. The Bertz CT molecular complexity index is 224. The molecule has 0 spiro atoms. The minimum atomic E-state index is -0.151. The Kier molecular flexibility index (Phi) is 0.947. The van der Waals surface area contributed by atoms with Crippen LogP contribution in [0.2, 0.25) is 0 Å². The Morgan fingerprint density at radius 3 is 2.64 bits per heavy atom. The Hall–Kier alpha value is -0.370. The number of rotatable bonds is 0. The van der Waals surface area contributed by atoms with Gasteiger partial charge in [-0.2, -0.15) is 0 Å². The van der Waals surface area contributed by atoms with Gasteiger partial charge in [-0.05, 0) is 31.1 Å². The number of aliphatic hydroxyl groups is 1. The molecule has 3 rings (SSSR count). The van der Waals surface area contributed by atoms with E-state index in [2.05, 4.69) is 0 Å². The van der Waals surface area contributed by atoms with Gasteiger partial charge in [0.1, 0.15) is 5.78 Å². The van der Waals surface area contributed by atoms with Gasteiger partial charge in [-0.25, -0.2) is 0 Å². The summed E-state index contributed by atoms with van der Waals surface area (Å²) >= 11 is 0. The van der Waals surface area contributed by atoms with Crippen LogP contribution in [0.3, 0.4) is 0 Å². The normalized spacial score (nSPS) is 59.4. The van der Waals surface area contributed by atoms with Gasteiger partial charge < -0.3 is 5.11 Å². The molecule has 5 atom stereocenters. The molecule has 0 saturated heterocycles. The summed E-state index contributed by atoms with van der Waals surface area (Å²) in [6, 6.07) is 0. The predicted octanol–water partition coefficient (Wildman–Crippen LogP) is 0.592. The summed E-state index contributed by atoms with van der Waals surface area (Å²) in [4.78, 5) is 11.5. The first-order valence-electron chi connectivity index (χ1n) is 4.49. The van der Waals surface area contributed by atoms with E-state index in [0.717, 1.165) is 19.3 Å². The second-order valence-corrected chi connectivity index (χ2v) is 4.32. The average molecular weight is 152 g/mol. The zero-order valence-corrected chi connectivity index (χ0v) is 6.36. The average Bonchev–Trinajstić information content (AvgIpc) is 2.47. The summed E-state index contributed by atoms with van der Waals surface area (Å²) in [7, 11) is 0. The molecule has 3 aliphatic rings. The minimum absolute atomic E-state index is 0.151. The van der Waals surface area contributed by atoms with Crippen molar-refractivity contribution in [3.63, 3.8) is 0 Å². The van der Waals surface area contributed by atoms with Crippen molar-refractivity contribution in [1.82, 2.24) is 0 Å². The third-order valence-electron chi connectivity index (χ3n) is 3.88. The van der Waals surface area contributed by atoms with Crippen LogP contribution in [-0.2, 0) is 4.79 Å². The number of fused-ring (bicyclic) bond motifs is 1. The topological polar surface area (TPSA) is 37.3 Å². The molecule has 3 aliphatic carbocycles. The lowest BCUT2D eigenvalue weighted by atomic mass is 9.88. The molecule has 0 aromatic rings. The van der Waals surface area contributed by atoms with Gasteiger partial charge in [0.15, 0.2) is 0 Å². The smallest absolute Gasteiger partial charge is 0.139 e. The molecule has 3 fully saturated rings. The van der Waals surface area contributed by atoms with Gasteiger partial charge >= 0.3 is 0 Å². The fraction of sp³-hybridized carbons (Fsp3) is 0.889. The van der Waals surface area contributed by atoms with Gasteiger partial charge in [-0.3, -0.25) is 4.79 Å². The number of Topliss-reactive ketones (excluding diaryl/α,β-unsaturated/α-hetero) is 1. The molecule has 2 bridgehead atoms. The van der Waals surface area contributed by atoms with Crippen molar-refractivity contribution < 1.29 is 9.90 Å². The molecule has 0 aromatic heterocycles. The van der Waals surface area contributed by atoms with Crippen LogP contribution in [0.25, 0.3) is 0 Å². The summed E-state index contributed by atoms with van der Waals surface area (Å²) in [6.45, 7) is 0. The number of hydrogen-bond acceptors (Lipinski definition) is 2. The van der Waals surface area contributed by atoms with Crippen LogP contribution in [0.15, 0.2) is 0 Å². The van der Waals surface area contributed by atoms with Crippen molar-refractivity contribution in [2.24, 2.45) is 23.7 Å². The van der Waals surface area contributed by atoms with Gasteiger partial charge in [0.2, 0.25) is 0 Å². The monoisotopic (exact) mass is 152 g/mol.